The number of carbonyl (C=O) groups excluding carboxylic acids is 2. The van der Waals surface area contributed by atoms with E-state index in [0.29, 0.717) is 0 Å². The van der Waals surface area contributed by atoms with Crippen LogP contribution in [0.3, 0.4) is 0 Å². The summed E-state index contributed by atoms with van der Waals surface area (Å²) < 4.78 is 16.0. The van der Waals surface area contributed by atoms with E-state index < -0.39 is 22.8 Å². The second-order valence-electron chi connectivity index (χ2n) is 7.59. The van der Waals surface area contributed by atoms with Gasteiger partial charge in [0.2, 0.25) is 0 Å². The van der Waals surface area contributed by atoms with E-state index in [4.69, 9.17) is 14.2 Å². The van der Waals surface area contributed by atoms with E-state index in [1.165, 1.54) is 0 Å². The number of benzene rings is 2. The molecule has 0 fully saturated rings. The molecule has 1 atom stereocenters. The highest BCUT2D eigenvalue weighted by molar-refractivity contribution is 6.01. The lowest BCUT2D eigenvalue weighted by Crippen LogP contribution is -2.51. The van der Waals surface area contributed by atoms with Gasteiger partial charge in [-0.25, -0.2) is 0 Å². The topological polar surface area (TPSA) is 61.8 Å². The van der Waals surface area contributed by atoms with Gasteiger partial charge in [0, 0.05) is 5.41 Å². The molecule has 29 heavy (non-hydrogen) atoms. The number of methoxy groups -OCH3 is 1. The molecule has 0 spiro atoms. The monoisotopic (exact) mass is 396 g/mol. The molecule has 3 rings (SSSR count). The summed E-state index contributed by atoms with van der Waals surface area (Å²) in [6.45, 7) is 5.98. The highest BCUT2D eigenvalue weighted by Crippen LogP contribution is 2.51. The number of hydrogen-bond acceptors (Lipinski definition) is 5. The lowest BCUT2D eigenvalue weighted by Gasteiger charge is -2.44. The van der Waals surface area contributed by atoms with Crippen molar-refractivity contribution >= 4 is 11.9 Å². The molecular formula is C24H28O5. The number of rotatable bonds is 6. The summed E-state index contributed by atoms with van der Waals surface area (Å²) in [6.07, 6.45) is 0.549. The number of fused-ring (bicyclic) bond motifs is 1. The lowest BCUT2D eigenvalue weighted by molar-refractivity contribution is -0.174. The van der Waals surface area contributed by atoms with Crippen molar-refractivity contribution < 1.29 is 23.8 Å². The van der Waals surface area contributed by atoms with Gasteiger partial charge < -0.3 is 14.2 Å². The molecule has 1 aliphatic rings. The molecule has 0 saturated heterocycles. The normalized spacial score (nSPS) is 19.7. The lowest BCUT2D eigenvalue weighted by atomic mass is 9.58. The minimum Gasteiger partial charge on any atom is -0.497 e. The van der Waals surface area contributed by atoms with Crippen LogP contribution in [0.5, 0.6) is 5.75 Å². The molecule has 0 saturated carbocycles. The molecule has 1 aliphatic carbocycles. The maximum Gasteiger partial charge on any atom is 0.323 e. The van der Waals surface area contributed by atoms with Gasteiger partial charge in [-0.05, 0) is 55.5 Å². The molecule has 0 N–H and O–H groups in total. The summed E-state index contributed by atoms with van der Waals surface area (Å²) in [6, 6.07) is 15.7. The van der Waals surface area contributed by atoms with Crippen molar-refractivity contribution in [1.29, 1.82) is 0 Å². The molecule has 1 unspecified atom stereocenters. The van der Waals surface area contributed by atoms with Gasteiger partial charge in [0.05, 0.1) is 20.3 Å². The molecule has 0 heterocycles. The van der Waals surface area contributed by atoms with Gasteiger partial charge in [0.15, 0.2) is 5.41 Å². The van der Waals surface area contributed by atoms with Crippen molar-refractivity contribution in [2.45, 2.75) is 39.0 Å². The summed E-state index contributed by atoms with van der Waals surface area (Å²) in [7, 11) is 1.62. The Hall–Kier alpha value is -2.82. The van der Waals surface area contributed by atoms with Gasteiger partial charge in [0.25, 0.3) is 0 Å². The largest absolute Gasteiger partial charge is 0.497 e. The second kappa shape index (κ2) is 8.27. The van der Waals surface area contributed by atoms with Gasteiger partial charge in [-0.2, -0.15) is 0 Å². The maximum atomic E-state index is 13.1. The van der Waals surface area contributed by atoms with Crippen LogP contribution in [0, 0.1) is 5.41 Å². The van der Waals surface area contributed by atoms with Crippen molar-refractivity contribution in [3.8, 4) is 5.75 Å². The van der Waals surface area contributed by atoms with Gasteiger partial charge in [-0.15, -0.1) is 0 Å². The van der Waals surface area contributed by atoms with E-state index in [0.717, 1.165) is 22.4 Å². The Morgan fingerprint density at radius 2 is 1.52 bits per heavy atom. The molecule has 2 aromatic rings. The van der Waals surface area contributed by atoms with Gasteiger partial charge in [-0.1, -0.05) is 43.3 Å². The van der Waals surface area contributed by atoms with Crippen LogP contribution < -0.4 is 4.74 Å². The Kier molecular flexibility index (Phi) is 5.96. The standard InChI is InChI=1S/C24H28O5/c1-5-28-21(25)24(22(26)29-6-2)15-17-9-7-8-10-20(17)23(3,16-24)18-11-13-19(27-4)14-12-18/h7-14H,5-6,15-16H2,1-4H3. The molecule has 5 nitrogen and oxygen atoms in total. The van der Waals surface area contributed by atoms with Crippen LogP contribution in [-0.2, 0) is 30.9 Å². The van der Waals surface area contributed by atoms with Gasteiger partial charge in [0.1, 0.15) is 5.75 Å². The first-order chi connectivity index (χ1) is 13.9. The third-order valence-electron chi connectivity index (χ3n) is 5.82. The minimum absolute atomic E-state index is 0.209. The van der Waals surface area contributed by atoms with Crippen LogP contribution >= 0.6 is 0 Å². The summed E-state index contributed by atoms with van der Waals surface area (Å²) >= 11 is 0. The fourth-order valence-corrected chi connectivity index (χ4v) is 4.43. The highest BCUT2D eigenvalue weighted by Gasteiger charge is 2.57. The van der Waals surface area contributed by atoms with Crippen LogP contribution in [0.2, 0.25) is 0 Å². The second-order valence-corrected chi connectivity index (χ2v) is 7.59. The molecule has 0 amide bonds. The number of esters is 2. The molecule has 5 heteroatoms. The summed E-state index contributed by atoms with van der Waals surface area (Å²) in [5.41, 5.74) is 1.12. The molecule has 0 bridgehead atoms. The van der Waals surface area contributed by atoms with Crippen LogP contribution in [0.4, 0.5) is 0 Å². The predicted octanol–water partition coefficient (Wildman–Crippen LogP) is 4.06. The minimum atomic E-state index is -1.38. The van der Waals surface area contributed by atoms with Crippen LogP contribution in [0.25, 0.3) is 0 Å². The van der Waals surface area contributed by atoms with Crippen molar-refractivity contribution in [3.63, 3.8) is 0 Å². The van der Waals surface area contributed by atoms with Crippen molar-refractivity contribution in [2.75, 3.05) is 20.3 Å². The quantitative estimate of drug-likeness (QED) is 0.544. The average molecular weight is 396 g/mol. The maximum absolute atomic E-state index is 13.1. The van der Waals surface area contributed by atoms with E-state index in [1.54, 1.807) is 21.0 Å². The Balaban J connectivity index is 2.19. The first kappa shape index (κ1) is 20.9. The van der Waals surface area contributed by atoms with Crippen molar-refractivity contribution in [1.82, 2.24) is 0 Å². The summed E-state index contributed by atoms with van der Waals surface area (Å²) in [4.78, 5) is 26.2. The van der Waals surface area contributed by atoms with E-state index in [-0.39, 0.29) is 26.1 Å². The van der Waals surface area contributed by atoms with E-state index in [2.05, 4.69) is 13.0 Å². The fraction of sp³-hybridized carbons (Fsp3) is 0.417. The number of ether oxygens (including phenoxy) is 3. The number of carbonyl (C=O) groups is 2. The summed E-state index contributed by atoms with van der Waals surface area (Å²) in [5, 5.41) is 0. The first-order valence-electron chi connectivity index (χ1n) is 9.98. The van der Waals surface area contributed by atoms with Crippen molar-refractivity contribution in [3.05, 3.63) is 65.2 Å². The first-order valence-corrected chi connectivity index (χ1v) is 9.98. The third kappa shape index (κ3) is 3.61. The predicted molar refractivity (Wildman–Crippen MR) is 110 cm³/mol. The highest BCUT2D eigenvalue weighted by atomic mass is 16.6. The van der Waals surface area contributed by atoms with Crippen LogP contribution in [0.1, 0.15) is 43.9 Å². The molecule has 154 valence electrons. The Morgan fingerprint density at radius 3 is 2.07 bits per heavy atom. The molecule has 0 aromatic heterocycles. The third-order valence-corrected chi connectivity index (χ3v) is 5.82. The van der Waals surface area contributed by atoms with Crippen LogP contribution in [-0.4, -0.2) is 32.3 Å². The van der Waals surface area contributed by atoms with E-state index in [1.807, 2.05) is 42.5 Å². The average Bonchev–Trinajstić information content (AvgIpc) is 2.74. The number of hydrogen-bond donors (Lipinski definition) is 0. The molecule has 0 aliphatic heterocycles. The smallest absolute Gasteiger partial charge is 0.323 e. The van der Waals surface area contributed by atoms with Gasteiger partial charge >= 0.3 is 11.9 Å². The molecular weight excluding hydrogens is 368 g/mol. The van der Waals surface area contributed by atoms with Crippen molar-refractivity contribution in [2.24, 2.45) is 5.41 Å². The molecule has 2 aromatic carbocycles. The Morgan fingerprint density at radius 1 is 0.931 bits per heavy atom. The fourth-order valence-electron chi connectivity index (χ4n) is 4.43. The Bertz CT molecular complexity index is 868. The Labute approximate surface area is 172 Å². The summed E-state index contributed by atoms with van der Waals surface area (Å²) in [5.74, 6) is -0.288. The van der Waals surface area contributed by atoms with E-state index >= 15 is 0 Å². The van der Waals surface area contributed by atoms with Crippen LogP contribution in [0.15, 0.2) is 48.5 Å². The zero-order chi connectivity index (χ0) is 21.1. The zero-order valence-corrected chi connectivity index (χ0v) is 17.5. The van der Waals surface area contributed by atoms with E-state index in [9.17, 15) is 9.59 Å². The zero-order valence-electron chi connectivity index (χ0n) is 17.5. The van der Waals surface area contributed by atoms with Gasteiger partial charge in [-0.3, -0.25) is 9.59 Å². The molecule has 0 radical (unpaired) electrons. The SMILES string of the molecule is CCOC(=O)C1(C(=O)OCC)Cc2ccccc2C(C)(c2ccc(OC)cc2)C1.